The van der Waals surface area contributed by atoms with Gasteiger partial charge in [0.15, 0.2) is 0 Å². The molecule has 7 heteroatoms. The summed E-state index contributed by atoms with van der Waals surface area (Å²) in [5.41, 5.74) is 6.37. The van der Waals surface area contributed by atoms with Gasteiger partial charge in [0.25, 0.3) is 0 Å². The van der Waals surface area contributed by atoms with E-state index in [1.807, 2.05) is 0 Å². The molecular formula is C14H21N5O2. The van der Waals surface area contributed by atoms with Crippen molar-refractivity contribution >= 4 is 0 Å². The predicted molar refractivity (Wildman–Crippen MR) is 77.6 cm³/mol. The van der Waals surface area contributed by atoms with Gasteiger partial charge >= 0.3 is 0 Å². The Hall–Kier alpha value is -2.02. The third kappa shape index (κ3) is 4.22. The summed E-state index contributed by atoms with van der Waals surface area (Å²) < 4.78 is 10.3. The Kier molecular flexibility index (Phi) is 5.21. The monoisotopic (exact) mass is 291 g/mol. The van der Waals surface area contributed by atoms with E-state index in [0.717, 1.165) is 6.42 Å². The molecule has 0 aliphatic heterocycles. The van der Waals surface area contributed by atoms with Gasteiger partial charge in [-0.15, -0.1) is 0 Å². The fraction of sp³-hybridized carbons (Fsp3) is 0.571. The van der Waals surface area contributed by atoms with Gasteiger partial charge in [-0.25, -0.2) is 9.97 Å². The van der Waals surface area contributed by atoms with Gasteiger partial charge in [-0.3, -0.25) is 0 Å². The first-order valence-electron chi connectivity index (χ1n) is 7.01. The Bertz CT molecular complexity index is 570. The first-order chi connectivity index (χ1) is 10.1. The van der Waals surface area contributed by atoms with E-state index in [1.165, 1.54) is 6.33 Å². The van der Waals surface area contributed by atoms with Gasteiger partial charge < -0.3 is 15.0 Å². The summed E-state index contributed by atoms with van der Waals surface area (Å²) in [7, 11) is 1.55. The number of aromatic nitrogens is 4. The van der Waals surface area contributed by atoms with Crippen molar-refractivity contribution in [1.29, 1.82) is 0 Å². The molecule has 0 aliphatic rings. The van der Waals surface area contributed by atoms with Crippen molar-refractivity contribution in [2.24, 2.45) is 17.6 Å². The molecule has 0 aliphatic carbocycles. The molecule has 114 valence electrons. The van der Waals surface area contributed by atoms with Crippen LogP contribution in [0.1, 0.15) is 26.2 Å². The summed E-state index contributed by atoms with van der Waals surface area (Å²) in [6, 6.07) is 1.67. The predicted octanol–water partition coefficient (Wildman–Crippen LogP) is 1.70. The number of rotatable bonds is 7. The highest BCUT2D eigenvalue weighted by Crippen LogP contribution is 2.19. The fourth-order valence-electron chi connectivity index (χ4n) is 2.19. The van der Waals surface area contributed by atoms with Crippen molar-refractivity contribution in [2.45, 2.75) is 26.7 Å². The Morgan fingerprint density at radius 2 is 2.14 bits per heavy atom. The van der Waals surface area contributed by atoms with E-state index in [9.17, 15) is 0 Å². The molecule has 0 saturated heterocycles. The quantitative estimate of drug-likeness (QED) is 0.828. The molecule has 0 fully saturated rings. The average molecular weight is 291 g/mol. The normalized spacial score (nSPS) is 12.6. The topological polar surface area (TPSA) is 100.0 Å². The smallest absolute Gasteiger partial charge is 0.227 e. The van der Waals surface area contributed by atoms with E-state index in [4.69, 9.17) is 15.0 Å². The zero-order valence-corrected chi connectivity index (χ0v) is 12.6. The van der Waals surface area contributed by atoms with Crippen LogP contribution in [0.4, 0.5) is 0 Å². The second kappa shape index (κ2) is 7.12. The summed E-state index contributed by atoms with van der Waals surface area (Å²) in [6.07, 6.45) is 3.13. The van der Waals surface area contributed by atoms with Crippen molar-refractivity contribution in [3.8, 4) is 17.4 Å². The van der Waals surface area contributed by atoms with Gasteiger partial charge in [-0.05, 0) is 24.8 Å². The average Bonchev–Trinajstić information content (AvgIpc) is 2.94. The van der Waals surface area contributed by atoms with Crippen LogP contribution in [-0.4, -0.2) is 33.8 Å². The highest BCUT2D eigenvalue weighted by atomic mass is 16.5. The minimum absolute atomic E-state index is 0.346. The molecule has 2 aromatic rings. The van der Waals surface area contributed by atoms with Gasteiger partial charge in [0.1, 0.15) is 12.0 Å². The maximum Gasteiger partial charge on any atom is 0.227 e. The Morgan fingerprint density at radius 3 is 2.81 bits per heavy atom. The first kappa shape index (κ1) is 15.4. The number of ether oxygens (including phenoxy) is 1. The molecule has 0 aromatic carbocycles. The molecule has 0 bridgehead atoms. The minimum atomic E-state index is 0.346. The third-order valence-corrected chi connectivity index (χ3v) is 3.15. The van der Waals surface area contributed by atoms with Gasteiger partial charge in [0.2, 0.25) is 17.6 Å². The van der Waals surface area contributed by atoms with Gasteiger partial charge in [0, 0.05) is 12.5 Å². The Balaban J connectivity index is 2.10. The summed E-state index contributed by atoms with van der Waals surface area (Å²) in [4.78, 5) is 12.4. The minimum Gasteiger partial charge on any atom is -0.481 e. The van der Waals surface area contributed by atoms with E-state index >= 15 is 0 Å². The van der Waals surface area contributed by atoms with E-state index in [2.05, 4.69) is 34.0 Å². The van der Waals surface area contributed by atoms with Crippen LogP contribution >= 0.6 is 0 Å². The molecule has 0 amide bonds. The van der Waals surface area contributed by atoms with Gasteiger partial charge in [-0.2, -0.15) is 4.98 Å². The lowest BCUT2D eigenvalue weighted by molar-refractivity contribution is 0.332. The van der Waals surface area contributed by atoms with Crippen molar-refractivity contribution in [2.75, 3.05) is 13.7 Å². The second-order valence-corrected chi connectivity index (χ2v) is 5.39. The maximum atomic E-state index is 5.80. The largest absolute Gasteiger partial charge is 0.481 e. The molecule has 1 atom stereocenters. The third-order valence-electron chi connectivity index (χ3n) is 3.15. The molecule has 0 unspecified atom stereocenters. The molecular weight excluding hydrogens is 270 g/mol. The van der Waals surface area contributed by atoms with Crippen LogP contribution in [0, 0.1) is 11.8 Å². The Morgan fingerprint density at radius 1 is 1.33 bits per heavy atom. The highest BCUT2D eigenvalue weighted by Gasteiger charge is 2.16. The van der Waals surface area contributed by atoms with Crippen LogP contribution in [0.3, 0.4) is 0 Å². The second-order valence-electron chi connectivity index (χ2n) is 5.39. The SMILES string of the molecule is COc1cc(-c2noc(C[C@@H](CN)CC(C)C)n2)ncn1. The standard InChI is InChI=1S/C14H21N5O2/c1-9(2)4-10(7-15)5-13-18-14(19-21-13)11-6-12(20-3)17-8-16-11/h6,8-10H,4-5,7,15H2,1-3H3/t10-/m0/s1. The van der Waals surface area contributed by atoms with Crippen molar-refractivity contribution in [3.05, 3.63) is 18.3 Å². The van der Waals surface area contributed by atoms with Gasteiger partial charge in [-0.1, -0.05) is 19.0 Å². The van der Waals surface area contributed by atoms with E-state index in [0.29, 0.717) is 48.1 Å². The molecule has 7 nitrogen and oxygen atoms in total. The van der Waals surface area contributed by atoms with Crippen LogP contribution < -0.4 is 10.5 Å². The molecule has 0 saturated carbocycles. The summed E-state index contributed by atoms with van der Waals surface area (Å²) in [5.74, 6) is 2.42. The zero-order chi connectivity index (χ0) is 15.2. The van der Waals surface area contributed by atoms with Crippen LogP contribution in [0.15, 0.2) is 16.9 Å². The van der Waals surface area contributed by atoms with Crippen molar-refractivity contribution < 1.29 is 9.26 Å². The molecule has 21 heavy (non-hydrogen) atoms. The molecule has 0 spiro atoms. The number of nitrogens with zero attached hydrogens (tertiary/aromatic N) is 4. The van der Waals surface area contributed by atoms with E-state index in [1.54, 1.807) is 13.2 Å². The number of nitrogens with two attached hydrogens (primary N) is 1. The van der Waals surface area contributed by atoms with Crippen molar-refractivity contribution in [3.63, 3.8) is 0 Å². The lowest BCUT2D eigenvalue weighted by Crippen LogP contribution is -2.19. The summed E-state index contributed by atoms with van der Waals surface area (Å²) in [6.45, 7) is 4.96. The van der Waals surface area contributed by atoms with Crippen molar-refractivity contribution in [1.82, 2.24) is 20.1 Å². The molecule has 2 rings (SSSR count). The van der Waals surface area contributed by atoms with Crippen LogP contribution in [0.2, 0.25) is 0 Å². The molecule has 2 aromatic heterocycles. The maximum absolute atomic E-state index is 5.80. The lowest BCUT2D eigenvalue weighted by atomic mass is 9.94. The van der Waals surface area contributed by atoms with Crippen LogP contribution in [0.25, 0.3) is 11.5 Å². The molecule has 2 heterocycles. The highest BCUT2D eigenvalue weighted by molar-refractivity contribution is 5.49. The fourth-order valence-corrected chi connectivity index (χ4v) is 2.19. The zero-order valence-electron chi connectivity index (χ0n) is 12.6. The Labute approximate surface area is 123 Å². The molecule has 2 N–H and O–H groups in total. The summed E-state index contributed by atoms with van der Waals surface area (Å²) in [5, 5.41) is 3.96. The summed E-state index contributed by atoms with van der Waals surface area (Å²) >= 11 is 0. The van der Waals surface area contributed by atoms with Crippen LogP contribution in [-0.2, 0) is 6.42 Å². The number of hydrogen-bond donors (Lipinski definition) is 1. The molecule has 0 radical (unpaired) electrons. The van der Waals surface area contributed by atoms with E-state index in [-0.39, 0.29) is 0 Å². The van der Waals surface area contributed by atoms with Gasteiger partial charge in [0.05, 0.1) is 7.11 Å². The van der Waals surface area contributed by atoms with Crippen LogP contribution in [0.5, 0.6) is 5.88 Å². The number of hydrogen-bond acceptors (Lipinski definition) is 7. The first-order valence-corrected chi connectivity index (χ1v) is 7.01. The van der Waals surface area contributed by atoms with E-state index < -0.39 is 0 Å². The lowest BCUT2D eigenvalue weighted by Gasteiger charge is -2.14. The number of methoxy groups -OCH3 is 1.